The molecular formula is C27H25ClN4OS. The molecule has 1 unspecified atom stereocenters. The molecule has 0 aliphatic carbocycles. The maximum Gasteiger partial charge on any atom is 0.255 e. The van der Waals surface area contributed by atoms with Gasteiger partial charge in [-0.2, -0.15) is 0 Å². The summed E-state index contributed by atoms with van der Waals surface area (Å²) in [7, 11) is 0. The quantitative estimate of drug-likeness (QED) is 0.311. The highest BCUT2D eigenvalue weighted by atomic mass is 35.5. The van der Waals surface area contributed by atoms with Crippen molar-refractivity contribution in [3.63, 3.8) is 0 Å². The fraction of sp³-hybridized carbons (Fsp3) is 0.222. The van der Waals surface area contributed by atoms with Crippen molar-refractivity contribution in [3.8, 4) is 11.3 Å². The average Bonchev–Trinajstić information content (AvgIpc) is 3.09. The molecule has 1 aliphatic rings. The largest absolute Gasteiger partial charge is 0.322 e. The fourth-order valence-corrected chi connectivity index (χ4v) is 5.54. The lowest BCUT2D eigenvalue weighted by molar-refractivity contribution is 0.102. The van der Waals surface area contributed by atoms with Crippen LogP contribution in [0.2, 0.25) is 5.02 Å². The van der Waals surface area contributed by atoms with Crippen LogP contribution in [0.15, 0.2) is 73.1 Å². The van der Waals surface area contributed by atoms with Crippen molar-refractivity contribution in [1.82, 2.24) is 9.97 Å². The number of fused-ring (bicyclic) bond motifs is 1. The van der Waals surface area contributed by atoms with Gasteiger partial charge >= 0.3 is 0 Å². The third-order valence-corrected chi connectivity index (χ3v) is 7.56. The lowest BCUT2D eigenvalue weighted by atomic mass is 10.1. The molecule has 1 amide bonds. The molecule has 1 saturated heterocycles. The van der Waals surface area contributed by atoms with Crippen molar-refractivity contribution in [2.45, 2.75) is 19.8 Å². The number of amides is 1. The van der Waals surface area contributed by atoms with Gasteiger partial charge in [-0.05, 0) is 91.4 Å². The Morgan fingerprint density at radius 2 is 1.91 bits per heavy atom. The molecule has 172 valence electrons. The Bertz CT molecular complexity index is 1320. The molecule has 0 spiro atoms. The normalized spacial score (nSPS) is 16.3. The summed E-state index contributed by atoms with van der Waals surface area (Å²) in [5, 5.41) is 4.47. The highest BCUT2D eigenvalue weighted by molar-refractivity contribution is 8.00. The first-order valence-corrected chi connectivity index (χ1v) is 12.7. The maximum absolute atomic E-state index is 13.0. The van der Waals surface area contributed by atoms with E-state index < -0.39 is 0 Å². The highest BCUT2D eigenvalue weighted by Crippen LogP contribution is 2.34. The van der Waals surface area contributed by atoms with E-state index in [9.17, 15) is 4.79 Å². The highest BCUT2D eigenvalue weighted by Gasteiger charge is 2.16. The predicted molar refractivity (Wildman–Crippen MR) is 143 cm³/mol. The smallest absolute Gasteiger partial charge is 0.255 e. The summed E-state index contributed by atoms with van der Waals surface area (Å²) in [6, 6.07) is 19.0. The molecule has 34 heavy (non-hydrogen) atoms. The van der Waals surface area contributed by atoms with E-state index in [4.69, 9.17) is 11.6 Å². The summed E-state index contributed by atoms with van der Waals surface area (Å²) < 4.78 is 2.34. The first-order chi connectivity index (χ1) is 16.6. The van der Waals surface area contributed by atoms with Crippen LogP contribution in [0.1, 0.15) is 30.1 Å². The van der Waals surface area contributed by atoms with Gasteiger partial charge in [-0.15, -0.1) is 0 Å². The molecule has 2 aromatic carbocycles. The van der Waals surface area contributed by atoms with Gasteiger partial charge in [-0.1, -0.05) is 18.5 Å². The van der Waals surface area contributed by atoms with Gasteiger partial charge in [0.05, 0.1) is 16.2 Å². The molecule has 7 heteroatoms. The van der Waals surface area contributed by atoms with Gasteiger partial charge in [0.2, 0.25) is 0 Å². The number of nitrogens with zero attached hydrogens (tertiary/aromatic N) is 3. The second-order valence-corrected chi connectivity index (χ2v) is 10.1. The van der Waals surface area contributed by atoms with Crippen LogP contribution in [0.5, 0.6) is 0 Å². The SMILES string of the molecule is CC1CCSN(c2ccc(C(=O)Nc3ccc(Cl)c(-c4nccc5ncccc45)c3)cc2)CC1. The summed E-state index contributed by atoms with van der Waals surface area (Å²) in [5.74, 6) is 1.72. The molecule has 0 radical (unpaired) electrons. The molecule has 0 bridgehead atoms. The Kier molecular flexibility index (Phi) is 6.70. The minimum Gasteiger partial charge on any atom is -0.322 e. The zero-order chi connectivity index (χ0) is 23.5. The molecule has 2 aromatic heterocycles. The van der Waals surface area contributed by atoms with Crippen molar-refractivity contribution in [2.24, 2.45) is 5.92 Å². The average molecular weight is 489 g/mol. The zero-order valence-corrected chi connectivity index (χ0v) is 20.4. The molecule has 5 rings (SSSR count). The van der Waals surface area contributed by atoms with Gasteiger partial charge in [0.15, 0.2) is 0 Å². The number of halogens is 1. The number of nitrogens with one attached hydrogen (secondary N) is 1. The second-order valence-electron chi connectivity index (χ2n) is 8.54. The van der Waals surface area contributed by atoms with E-state index in [2.05, 4.69) is 26.5 Å². The van der Waals surface area contributed by atoms with Crippen molar-refractivity contribution in [2.75, 3.05) is 21.9 Å². The lowest BCUT2D eigenvalue weighted by Crippen LogP contribution is -2.16. The van der Waals surface area contributed by atoms with Gasteiger partial charge in [-0.25, -0.2) is 0 Å². The van der Waals surface area contributed by atoms with Gasteiger partial charge in [0.25, 0.3) is 5.91 Å². The number of anilines is 2. The molecule has 1 N–H and O–H groups in total. The Hall–Kier alpha value is -3.09. The number of hydrogen-bond donors (Lipinski definition) is 1. The van der Waals surface area contributed by atoms with Gasteiger partial charge in [0, 0.05) is 52.6 Å². The predicted octanol–water partition coefficient (Wildman–Crippen LogP) is 7.09. The fourth-order valence-electron chi connectivity index (χ4n) is 4.10. The van der Waals surface area contributed by atoms with Crippen LogP contribution in [-0.2, 0) is 0 Å². The first kappa shape index (κ1) is 22.7. The van der Waals surface area contributed by atoms with E-state index in [0.717, 1.165) is 46.1 Å². The molecular weight excluding hydrogens is 464 g/mol. The molecule has 1 fully saturated rings. The monoisotopic (exact) mass is 488 g/mol. The van der Waals surface area contributed by atoms with Crippen molar-refractivity contribution in [3.05, 3.63) is 83.6 Å². The van der Waals surface area contributed by atoms with Crippen LogP contribution < -0.4 is 9.62 Å². The lowest BCUT2D eigenvalue weighted by Gasteiger charge is -2.21. The van der Waals surface area contributed by atoms with Gasteiger partial charge < -0.3 is 9.62 Å². The molecule has 1 aliphatic heterocycles. The molecule has 1 atom stereocenters. The first-order valence-electron chi connectivity index (χ1n) is 11.4. The summed E-state index contributed by atoms with van der Waals surface area (Å²) in [4.78, 5) is 21.9. The summed E-state index contributed by atoms with van der Waals surface area (Å²) in [6.07, 6.45) is 5.91. The van der Waals surface area contributed by atoms with E-state index in [-0.39, 0.29) is 5.91 Å². The van der Waals surface area contributed by atoms with Crippen molar-refractivity contribution < 1.29 is 4.79 Å². The minimum atomic E-state index is -0.162. The number of hydrogen-bond acceptors (Lipinski definition) is 5. The topological polar surface area (TPSA) is 58.1 Å². The minimum absolute atomic E-state index is 0.162. The summed E-state index contributed by atoms with van der Waals surface area (Å²) in [5.41, 5.74) is 4.74. The van der Waals surface area contributed by atoms with Crippen LogP contribution in [0, 0.1) is 5.92 Å². The van der Waals surface area contributed by atoms with E-state index in [0.29, 0.717) is 16.3 Å². The third kappa shape index (κ3) is 4.88. The third-order valence-electron chi connectivity index (χ3n) is 6.11. The standard InChI is InChI=1S/C27H25ClN4OS/c1-18-11-15-32(34-16-12-18)21-7-4-19(5-8-21)27(33)31-20-6-9-24(28)23(17-20)26-22-3-2-13-29-25(22)10-14-30-26/h2-10,13-14,17-18H,11-12,15-16H2,1H3,(H,31,33). The molecule has 3 heterocycles. The Labute approximate surface area is 208 Å². The number of pyridine rings is 2. The summed E-state index contributed by atoms with van der Waals surface area (Å²) in [6.45, 7) is 3.34. The summed E-state index contributed by atoms with van der Waals surface area (Å²) >= 11 is 8.39. The number of carbonyl (C=O) groups is 1. The number of benzene rings is 2. The second kappa shape index (κ2) is 10.0. The molecule has 4 aromatic rings. The van der Waals surface area contributed by atoms with Crippen LogP contribution in [0.4, 0.5) is 11.4 Å². The maximum atomic E-state index is 13.0. The van der Waals surface area contributed by atoms with Crippen LogP contribution in [0.3, 0.4) is 0 Å². The van der Waals surface area contributed by atoms with Crippen molar-refractivity contribution in [1.29, 1.82) is 0 Å². The van der Waals surface area contributed by atoms with Crippen LogP contribution >= 0.6 is 23.5 Å². The van der Waals surface area contributed by atoms with Gasteiger partial charge in [-0.3, -0.25) is 14.8 Å². The van der Waals surface area contributed by atoms with Crippen LogP contribution in [-0.4, -0.2) is 28.2 Å². The van der Waals surface area contributed by atoms with Crippen LogP contribution in [0.25, 0.3) is 22.2 Å². The molecule has 0 saturated carbocycles. The van der Waals surface area contributed by atoms with E-state index in [1.165, 1.54) is 12.8 Å². The number of rotatable bonds is 4. The van der Waals surface area contributed by atoms with Crippen molar-refractivity contribution >= 4 is 51.7 Å². The van der Waals surface area contributed by atoms with E-state index in [1.807, 2.05) is 60.5 Å². The van der Waals surface area contributed by atoms with E-state index in [1.54, 1.807) is 24.5 Å². The number of carbonyl (C=O) groups excluding carboxylic acids is 1. The zero-order valence-electron chi connectivity index (χ0n) is 18.9. The van der Waals surface area contributed by atoms with Gasteiger partial charge in [0.1, 0.15) is 0 Å². The Balaban J connectivity index is 1.35. The van der Waals surface area contributed by atoms with E-state index >= 15 is 0 Å². The Morgan fingerprint density at radius 3 is 2.76 bits per heavy atom. The Morgan fingerprint density at radius 1 is 1.06 bits per heavy atom. The number of aromatic nitrogens is 2. The molecule has 5 nitrogen and oxygen atoms in total.